The third-order valence-corrected chi connectivity index (χ3v) is 6.82. The highest BCUT2D eigenvalue weighted by atomic mass is 32.2. The van der Waals surface area contributed by atoms with E-state index >= 15 is 0 Å². The lowest BCUT2D eigenvalue weighted by Gasteiger charge is -2.14. The Morgan fingerprint density at radius 3 is 2.56 bits per heavy atom. The van der Waals surface area contributed by atoms with Gasteiger partial charge in [0.1, 0.15) is 11.6 Å². The summed E-state index contributed by atoms with van der Waals surface area (Å²) >= 11 is 0. The molecule has 0 fully saturated rings. The van der Waals surface area contributed by atoms with Gasteiger partial charge < -0.3 is 14.5 Å². The van der Waals surface area contributed by atoms with Crippen LogP contribution in [-0.4, -0.2) is 41.7 Å². The molecule has 2 N–H and O–H groups in total. The summed E-state index contributed by atoms with van der Waals surface area (Å²) in [6, 6.07) is 7.92. The van der Waals surface area contributed by atoms with Crippen LogP contribution in [0.5, 0.6) is 11.5 Å². The molecule has 4 aromatic rings. The summed E-state index contributed by atoms with van der Waals surface area (Å²) < 4.78 is 54.7. The van der Waals surface area contributed by atoms with Gasteiger partial charge in [0.25, 0.3) is 15.6 Å². The van der Waals surface area contributed by atoms with Gasteiger partial charge in [0.2, 0.25) is 0 Å². The molecule has 0 atom stereocenters. The number of sulfonamides is 1. The van der Waals surface area contributed by atoms with E-state index in [4.69, 9.17) is 9.47 Å². The predicted octanol–water partition coefficient (Wildman–Crippen LogP) is 3.69. The van der Waals surface area contributed by atoms with E-state index in [2.05, 4.69) is 19.8 Å². The van der Waals surface area contributed by atoms with Crippen LogP contribution in [0.3, 0.4) is 0 Å². The van der Waals surface area contributed by atoms with Crippen molar-refractivity contribution in [3.8, 4) is 22.9 Å². The molecule has 2 aromatic heterocycles. The largest absolute Gasteiger partial charge is 0.494 e. The molecular weight excluding hydrogens is 489 g/mol. The number of hydrogen-bond acceptors (Lipinski definition) is 7. The first kappa shape index (κ1) is 25.2. The third kappa shape index (κ3) is 4.76. The van der Waals surface area contributed by atoms with E-state index in [1.165, 1.54) is 42.0 Å². The molecule has 2 aromatic carbocycles. The molecule has 0 aliphatic rings. The number of H-pyrrole nitrogens is 1. The molecule has 0 aliphatic carbocycles. The number of hydrogen-bond donors (Lipinski definition) is 2. The van der Waals surface area contributed by atoms with Crippen LogP contribution < -0.4 is 19.8 Å². The highest BCUT2D eigenvalue weighted by Gasteiger charge is 2.21. The number of methoxy groups -OCH3 is 1. The lowest BCUT2D eigenvalue weighted by molar-refractivity contribution is 0.341. The van der Waals surface area contributed by atoms with Crippen LogP contribution >= 0.6 is 0 Å². The third-order valence-electron chi connectivity index (χ3n) is 5.44. The van der Waals surface area contributed by atoms with Crippen molar-refractivity contribution in [3.05, 3.63) is 64.1 Å². The van der Waals surface area contributed by atoms with Crippen LogP contribution in [-0.2, 0) is 16.4 Å². The second kappa shape index (κ2) is 9.97. The molecular formula is C24H26FN5O5S. The monoisotopic (exact) mass is 515 g/mol. The average Bonchev–Trinajstić information content (AvgIpc) is 3.15. The van der Waals surface area contributed by atoms with Gasteiger partial charge in [-0.2, -0.15) is 0 Å². The fourth-order valence-electron chi connectivity index (χ4n) is 3.83. The molecule has 0 bridgehead atoms. The van der Waals surface area contributed by atoms with Gasteiger partial charge in [-0.3, -0.25) is 9.52 Å². The minimum absolute atomic E-state index is 0.0103. The molecule has 36 heavy (non-hydrogen) atoms. The molecule has 0 aliphatic heterocycles. The summed E-state index contributed by atoms with van der Waals surface area (Å²) in [5, 5.41) is 4.57. The van der Waals surface area contributed by atoms with Gasteiger partial charge >= 0.3 is 0 Å². The number of nitrogens with one attached hydrogen (secondary N) is 2. The van der Waals surface area contributed by atoms with Gasteiger partial charge in [0.15, 0.2) is 22.9 Å². The molecule has 0 radical (unpaired) electrons. The molecule has 10 nitrogen and oxygen atoms in total. The van der Waals surface area contributed by atoms with Gasteiger partial charge in [0, 0.05) is 12.5 Å². The molecule has 4 rings (SSSR count). The van der Waals surface area contributed by atoms with Crippen molar-refractivity contribution in [2.75, 3.05) is 18.4 Å². The van der Waals surface area contributed by atoms with E-state index in [1.807, 2.05) is 6.92 Å². The van der Waals surface area contributed by atoms with E-state index in [9.17, 15) is 17.6 Å². The second-order valence-electron chi connectivity index (χ2n) is 7.97. The van der Waals surface area contributed by atoms with Gasteiger partial charge in [-0.05, 0) is 50.6 Å². The number of imidazole rings is 1. The molecule has 0 saturated carbocycles. The van der Waals surface area contributed by atoms with Gasteiger partial charge in [-0.25, -0.2) is 22.3 Å². The number of rotatable bonds is 9. The Hall–Kier alpha value is -3.93. The van der Waals surface area contributed by atoms with Crippen LogP contribution in [0.1, 0.15) is 31.8 Å². The summed E-state index contributed by atoms with van der Waals surface area (Å²) in [6.07, 6.45) is 1.41. The Labute approximate surface area is 207 Å². The molecule has 0 unspecified atom stereocenters. The lowest BCUT2D eigenvalue weighted by Crippen LogP contribution is -2.17. The Bertz CT molecular complexity index is 1600. The van der Waals surface area contributed by atoms with Crippen molar-refractivity contribution in [2.24, 2.45) is 0 Å². The summed E-state index contributed by atoms with van der Waals surface area (Å²) in [5.74, 6) is 0.367. The predicted molar refractivity (Wildman–Crippen MR) is 133 cm³/mol. The van der Waals surface area contributed by atoms with E-state index in [0.29, 0.717) is 35.8 Å². The van der Waals surface area contributed by atoms with Crippen molar-refractivity contribution in [3.63, 3.8) is 0 Å². The van der Waals surface area contributed by atoms with Crippen LogP contribution in [0.25, 0.3) is 16.9 Å². The van der Waals surface area contributed by atoms with Crippen molar-refractivity contribution in [1.82, 2.24) is 19.6 Å². The topological polar surface area (TPSA) is 128 Å². The fraction of sp³-hybridized carbons (Fsp3) is 0.292. The van der Waals surface area contributed by atoms with Crippen molar-refractivity contribution in [2.45, 2.75) is 38.5 Å². The summed E-state index contributed by atoms with van der Waals surface area (Å²) in [7, 11) is -2.81. The van der Waals surface area contributed by atoms with Crippen molar-refractivity contribution < 1.29 is 22.3 Å². The number of aryl methyl sites for hydroxylation is 2. The number of fused-ring (bicyclic) bond motifs is 1. The highest BCUT2D eigenvalue weighted by Crippen LogP contribution is 2.31. The van der Waals surface area contributed by atoms with E-state index in [-0.39, 0.29) is 27.7 Å². The molecule has 0 saturated heterocycles. The summed E-state index contributed by atoms with van der Waals surface area (Å²) in [4.78, 5) is 20.0. The maximum atomic E-state index is 14.1. The number of nitrogens with zero attached hydrogens (tertiary/aromatic N) is 3. The lowest BCUT2D eigenvalue weighted by atomic mass is 10.2. The summed E-state index contributed by atoms with van der Waals surface area (Å²) in [5.41, 5.74) is 0.765. The highest BCUT2D eigenvalue weighted by molar-refractivity contribution is 7.92. The standard InChI is InChI=1S/C24H26FN5O5S/c1-5-7-21-26-14(3)22-24(31)27-23(28-30(21)22)17-13-16(9-11-19(17)35-6-2)36(32,33)29-15-8-10-20(34-4)18(25)12-15/h8-13,29H,5-7H2,1-4H3,(H,27,28,31). The second-order valence-corrected chi connectivity index (χ2v) is 9.65. The van der Waals surface area contributed by atoms with Crippen molar-refractivity contribution >= 4 is 21.2 Å². The van der Waals surface area contributed by atoms with E-state index in [1.54, 1.807) is 13.8 Å². The first-order chi connectivity index (χ1) is 17.2. The van der Waals surface area contributed by atoms with Crippen LogP contribution in [0.15, 0.2) is 46.1 Å². The fourth-order valence-corrected chi connectivity index (χ4v) is 4.90. The Kier molecular flexibility index (Phi) is 6.97. The Morgan fingerprint density at radius 1 is 1.14 bits per heavy atom. The molecule has 0 amide bonds. The number of anilines is 1. The first-order valence-electron chi connectivity index (χ1n) is 11.3. The zero-order valence-corrected chi connectivity index (χ0v) is 21.1. The average molecular weight is 516 g/mol. The maximum Gasteiger partial charge on any atom is 0.277 e. The minimum Gasteiger partial charge on any atom is -0.494 e. The molecule has 0 spiro atoms. The SMILES string of the molecule is CCCc1nc(C)c2c(=O)[nH]c(-c3cc(S(=O)(=O)Nc4ccc(OC)c(F)c4)ccc3OCC)nn12. The normalized spacial score (nSPS) is 11.6. The van der Waals surface area contributed by atoms with E-state index < -0.39 is 21.4 Å². The summed E-state index contributed by atoms with van der Waals surface area (Å²) in [6.45, 7) is 5.82. The smallest absolute Gasteiger partial charge is 0.277 e. The van der Waals surface area contributed by atoms with Gasteiger partial charge in [0.05, 0.1) is 35.6 Å². The van der Waals surface area contributed by atoms with Gasteiger partial charge in [-0.1, -0.05) is 6.92 Å². The number of benzene rings is 2. The number of halogens is 1. The Balaban J connectivity index is 1.82. The van der Waals surface area contributed by atoms with E-state index in [0.717, 1.165) is 12.5 Å². The number of ether oxygens (including phenoxy) is 2. The molecule has 12 heteroatoms. The number of aromatic nitrogens is 4. The molecule has 190 valence electrons. The maximum absolute atomic E-state index is 14.1. The van der Waals surface area contributed by atoms with Crippen LogP contribution in [0, 0.1) is 12.7 Å². The van der Waals surface area contributed by atoms with Crippen LogP contribution in [0.2, 0.25) is 0 Å². The minimum atomic E-state index is -4.13. The zero-order valence-electron chi connectivity index (χ0n) is 20.3. The first-order valence-corrected chi connectivity index (χ1v) is 12.8. The van der Waals surface area contributed by atoms with Gasteiger partial charge in [-0.15, -0.1) is 5.10 Å². The Morgan fingerprint density at radius 2 is 1.89 bits per heavy atom. The number of aromatic amines is 1. The zero-order chi connectivity index (χ0) is 26.0. The molecule has 2 heterocycles. The quantitative estimate of drug-likeness (QED) is 0.348. The van der Waals surface area contributed by atoms with Crippen LogP contribution in [0.4, 0.5) is 10.1 Å². The van der Waals surface area contributed by atoms with Crippen molar-refractivity contribution in [1.29, 1.82) is 0 Å².